The zero-order valence-corrected chi connectivity index (χ0v) is 6.04. The van der Waals surface area contributed by atoms with Crippen molar-refractivity contribution in [1.82, 2.24) is 5.32 Å². The van der Waals surface area contributed by atoms with Crippen LogP contribution in [0, 0.1) is 0 Å². The van der Waals surface area contributed by atoms with Crippen LogP contribution in [0.3, 0.4) is 0 Å². The third-order valence-electron chi connectivity index (χ3n) is 1.03. The highest BCUT2D eigenvalue weighted by Crippen LogP contribution is 1.86. The van der Waals surface area contributed by atoms with E-state index in [9.17, 15) is 4.79 Å². The van der Waals surface area contributed by atoms with Gasteiger partial charge in [0.2, 0.25) is 6.41 Å². The third-order valence-corrected chi connectivity index (χ3v) is 1.03. The molecule has 10 heavy (non-hydrogen) atoms. The largest absolute Gasteiger partial charge is 0.394 e. The molecule has 4 nitrogen and oxygen atoms in total. The lowest BCUT2D eigenvalue weighted by atomic mass is 10.4. The van der Waals surface area contributed by atoms with Gasteiger partial charge in [0.1, 0.15) is 0 Å². The van der Waals surface area contributed by atoms with E-state index in [0.29, 0.717) is 19.6 Å². The number of nitrogens with one attached hydrogen (secondary N) is 1. The summed E-state index contributed by atoms with van der Waals surface area (Å²) in [5.74, 6) is 0. The topological polar surface area (TPSA) is 58.6 Å². The highest BCUT2D eigenvalue weighted by molar-refractivity contribution is 5.45. The summed E-state index contributed by atoms with van der Waals surface area (Å²) in [6, 6.07) is 0. The average Bonchev–Trinajstić information content (AvgIpc) is 1.98. The molecule has 0 fully saturated rings. The standard InChI is InChI=1S/C6H13NO3/c1-2-10-6(4-8)3-7-5-9/h5-6,8H,2-4H2,1H3,(H,7,9). The molecule has 4 heteroatoms. The second kappa shape index (κ2) is 6.51. The van der Waals surface area contributed by atoms with E-state index in [2.05, 4.69) is 5.32 Å². The zero-order valence-electron chi connectivity index (χ0n) is 6.04. The lowest BCUT2D eigenvalue weighted by molar-refractivity contribution is -0.110. The zero-order chi connectivity index (χ0) is 7.82. The molecule has 0 heterocycles. The Morgan fingerprint density at radius 3 is 2.90 bits per heavy atom. The summed E-state index contributed by atoms with van der Waals surface area (Å²) >= 11 is 0. The predicted octanol–water partition coefficient (Wildman–Crippen LogP) is -0.870. The number of carbonyl (C=O) groups excluding carboxylic acids is 1. The fourth-order valence-electron chi connectivity index (χ4n) is 0.591. The fourth-order valence-corrected chi connectivity index (χ4v) is 0.591. The molecule has 2 N–H and O–H groups in total. The minimum absolute atomic E-state index is 0.0608. The Balaban J connectivity index is 3.29. The van der Waals surface area contributed by atoms with Gasteiger partial charge in [0.25, 0.3) is 0 Å². The molecule has 60 valence electrons. The van der Waals surface area contributed by atoms with E-state index in [-0.39, 0.29) is 12.7 Å². The summed E-state index contributed by atoms with van der Waals surface area (Å²) in [6.07, 6.45) is 0.317. The van der Waals surface area contributed by atoms with Gasteiger partial charge in [-0.15, -0.1) is 0 Å². The maximum Gasteiger partial charge on any atom is 0.207 e. The molecular formula is C6H13NO3. The van der Waals surface area contributed by atoms with Crippen LogP contribution in [0.1, 0.15) is 6.92 Å². The number of aliphatic hydroxyl groups is 1. The predicted molar refractivity (Wildman–Crippen MR) is 36.6 cm³/mol. The van der Waals surface area contributed by atoms with Gasteiger partial charge in [-0.05, 0) is 6.92 Å². The van der Waals surface area contributed by atoms with E-state index in [1.807, 2.05) is 6.92 Å². The molecule has 0 radical (unpaired) electrons. The number of hydrogen-bond acceptors (Lipinski definition) is 3. The van der Waals surface area contributed by atoms with Crippen molar-refractivity contribution < 1.29 is 14.6 Å². The molecule has 0 aliphatic carbocycles. The van der Waals surface area contributed by atoms with Crippen molar-refractivity contribution in [2.45, 2.75) is 13.0 Å². The molecule has 0 aliphatic rings. The normalized spacial score (nSPS) is 12.6. The van der Waals surface area contributed by atoms with E-state index in [4.69, 9.17) is 9.84 Å². The molecule has 0 rings (SSSR count). The Morgan fingerprint density at radius 2 is 2.50 bits per heavy atom. The fraction of sp³-hybridized carbons (Fsp3) is 0.833. The number of aliphatic hydroxyl groups excluding tert-OH is 1. The van der Waals surface area contributed by atoms with Gasteiger partial charge in [0, 0.05) is 13.2 Å². The quantitative estimate of drug-likeness (QED) is 0.480. The Labute approximate surface area is 60.2 Å². The van der Waals surface area contributed by atoms with Crippen LogP contribution < -0.4 is 5.32 Å². The molecule has 1 amide bonds. The van der Waals surface area contributed by atoms with Gasteiger partial charge in [-0.25, -0.2) is 0 Å². The molecule has 0 aromatic carbocycles. The van der Waals surface area contributed by atoms with Crippen LogP contribution in [-0.2, 0) is 9.53 Å². The lowest BCUT2D eigenvalue weighted by Crippen LogP contribution is -2.31. The van der Waals surface area contributed by atoms with Crippen molar-refractivity contribution in [1.29, 1.82) is 0 Å². The number of ether oxygens (including phenoxy) is 1. The van der Waals surface area contributed by atoms with Crippen molar-refractivity contribution in [3.05, 3.63) is 0 Å². The van der Waals surface area contributed by atoms with Gasteiger partial charge >= 0.3 is 0 Å². The first kappa shape index (κ1) is 9.39. The van der Waals surface area contributed by atoms with Crippen molar-refractivity contribution in [3.8, 4) is 0 Å². The molecule has 0 spiro atoms. The van der Waals surface area contributed by atoms with Crippen LogP contribution in [0.15, 0.2) is 0 Å². The van der Waals surface area contributed by atoms with Crippen LogP contribution >= 0.6 is 0 Å². The van der Waals surface area contributed by atoms with Gasteiger partial charge in [-0.1, -0.05) is 0 Å². The van der Waals surface area contributed by atoms with Crippen LogP contribution in [0.5, 0.6) is 0 Å². The minimum Gasteiger partial charge on any atom is -0.394 e. The second-order valence-corrected chi connectivity index (χ2v) is 1.79. The maximum atomic E-state index is 9.78. The van der Waals surface area contributed by atoms with Crippen molar-refractivity contribution in [3.63, 3.8) is 0 Å². The molecule has 0 saturated heterocycles. The SMILES string of the molecule is CCOC(CO)CNC=O. The van der Waals surface area contributed by atoms with E-state index >= 15 is 0 Å². The van der Waals surface area contributed by atoms with Crippen LogP contribution in [0.4, 0.5) is 0 Å². The van der Waals surface area contributed by atoms with Gasteiger partial charge in [-0.2, -0.15) is 0 Å². The molecule has 1 atom stereocenters. The van der Waals surface area contributed by atoms with E-state index in [1.165, 1.54) is 0 Å². The summed E-state index contributed by atoms with van der Waals surface area (Å²) in [7, 11) is 0. The maximum absolute atomic E-state index is 9.78. The minimum atomic E-state index is -0.268. The summed E-state index contributed by atoms with van der Waals surface area (Å²) in [6.45, 7) is 2.69. The molecule has 0 bridgehead atoms. The van der Waals surface area contributed by atoms with Gasteiger partial charge in [-0.3, -0.25) is 4.79 Å². The Kier molecular flexibility index (Phi) is 6.11. The van der Waals surface area contributed by atoms with Crippen LogP contribution in [0.25, 0.3) is 0 Å². The monoisotopic (exact) mass is 147 g/mol. The number of carbonyl (C=O) groups is 1. The van der Waals surface area contributed by atoms with Crippen LogP contribution in [-0.4, -0.2) is 37.4 Å². The summed E-state index contributed by atoms with van der Waals surface area (Å²) in [5, 5.41) is 11.0. The number of amides is 1. The Bertz CT molecular complexity index is 87.1. The summed E-state index contributed by atoms with van der Waals surface area (Å²) < 4.78 is 5.02. The first-order chi connectivity index (χ1) is 4.85. The number of rotatable bonds is 6. The van der Waals surface area contributed by atoms with E-state index in [0.717, 1.165) is 0 Å². The van der Waals surface area contributed by atoms with Crippen molar-refractivity contribution in [2.24, 2.45) is 0 Å². The highest BCUT2D eigenvalue weighted by atomic mass is 16.5. The third kappa shape index (κ3) is 4.29. The van der Waals surface area contributed by atoms with Gasteiger partial charge in [0.05, 0.1) is 12.7 Å². The average molecular weight is 147 g/mol. The Hall–Kier alpha value is -0.610. The molecule has 0 aromatic rings. The molecule has 0 aliphatic heterocycles. The van der Waals surface area contributed by atoms with Crippen molar-refractivity contribution >= 4 is 6.41 Å². The van der Waals surface area contributed by atoms with Crippen LogP contribution in [0.2, 0.25) is 0 Å². The van der Waals surface area contributed by atoms with Gasteiger partial charge in [0.15, 0.2) is 0 Å². The second-order valence-electron chi connectivity index (χ2n) is 1.79. The Morgan fingerprint density at radius 1 is 1.80 bits per heavy atom. The molecular weight excluding hydrogens is 134 g/mol. The first-order valence-electron chi connectivity index (χ1n) is 3.24. The smallest absolute Gasteiger partial charge is 0.207 e. The van der Waals surface area contributed by atoms with E-state index < -0.39 is 0 Å². The molecule has 1 unspecified atom stereocenters. The summed E-state index contributed by atoms with van der Waals surface area (Å²) in [5.41, 5.74) is 0. The van der Waals surface area contributed by atoms with E-state index in [1.54, 1.807) is 0 Å². The number of hydrogen-bond donors (Lipinski definition) is 2. The molecule has 0 aromatic heterocycles. The first-order valence-corrected chi connectivity index (χ1v) is 3.24. The summed E-state index contributed by atoms with van der Waals surface area (Å²) in [4.78, 5) is 9.78. The highest BCUT2D eigenvalue weighted by Gasteiger charge is 2.03. The van der Waals surface area contributed by atoms with Gasteiger partial charge < -0.3 is 15.2 Å². The van der Waals surface area contributed by atoms with Crippen molar-refractivity contribution in [2.75, 3.05) is 19.8 Å². The lowest BCUT2D eigenvalue weighted by Gasteiger charge is -2.12. The molecule has 0 saturated carbocycles.